The Hall–Kier alpha value is -0.650. The number of hydrogen-bond acceptors (Lipinski definition) is 4. The molecule has 1 rings (SSSR count). The van der Waals surface area contributed by atoms with E-state index in [0.717, 1.165) is 0 Å². The Morgan fingerprint density at radius 1 is 1.67 bits per heavy atom. The van der Waals surface area contributed by atoms with Crippen molar-refractivity contribution in [2.45, 2.75) is 12.5 Å². The van der Waals surface area contributed by atoms with E-state index in [1.165, 1.54) is 0 Å². The van der Waals surface area contributed by atoms with Gasteiger partial charge in [-0.2, -0.15) is 5.53 Å². The van der Waals surface area contributed by atoms with Crippen molar-refractivity contribution in [1.29, 1.82) is 0 Å². The maximum atomic E-state index is 10.2. The molecule has 1 heterocycles. The van der Waals surface area contributed by atoms with Crippen LogP contribution in [0.5, 0.6) is 0 Å². The van der Waals surface area contributed by atoms with Crippen molar-refractivity contribution in [1.82, 2.24) is 16.4 Å². The van der Waals surface area contributed by atoms with E-state index in [1.807, 2.05) is 0 Å². The van der Waals surface area contributed by atoms with Gasteiger partial charge in [-0.15, -0.1) is 0 Å². The average molecular weight is 131 g/mol. The van der Waals surface area contributed by atoms with Crippen molar-refractivity contribution < 1.29 is 9.90 Å². The predicted octanol–water partition coefficient (Wildman–Crippen LogP) is -1.56. The summed E-state index contributed by atoms with van der Waals surface area (Å²) in [4.78, 5) is 10.2. The minimum absolute atomic E-state index is 0.453. The second kappa shape index (κ2) is 2.77. The van der Waals surface area contributed by atoms with Gasteiger partial charge in [0.15, 0.2) is 0 Å². The van der Waals surface area contributed by atoms with Gasteiger partial charge >= 0.3 is 5.97 Å². The summed E-state index contributed by atoms with van der Waals surface area (Å²) in [6.07, 6.45) is 0.613. The summed E-state index contributed by atoms with van der Waals surface area (Å²) < 4.78 is 0. The van der Waals surface area contributed by atoms with Crippen LogP contribution in [0.15, 0.2) is 0 Å². The first-order valence-electron chi connectivity index (χ1n) is 2.77. The second-order valence-corrected chi connectivity index (χ2v) is 1.88. The molecule has 0 spiro atoms. The summed E-state index contributed by atoms with van der Waals surface area (Å²) in [5.41, 5.74) is 7.84. The van der Waals surface area contributed by atoms with Gasteiger partial charge in [0.25, 0.3) is 0 Å². The molecule has 0 amide bonds. The van der Waals surface area contributed by atoms with Crippen molar-refractivity contribution in [3.05, 3.63) is 0 Å². The van der Waals surface area contributed by atoms with Crippen LogP contribution in [0.3, 0.4) is 0 Å². The van der Waals surface area contributed by atoms with Crippen LogP contribution in [-0.2, 0) is 4.79 Å². The number of carboxylic acid groups (broad SMARTS) is 1. The van der Waals surface area contributed by atoms with Gasteiger partial charge in [-0.05, 0) is 6.42 Å². The van der Waals surface area contributed by atoms with Gasteiger partial charge in [-0.1, -0.05) is 0 Å². The zero-order chi connectivity index (χ0) is 6.69. The van der Waals surface area contributed by atoms with Crippen LogP contribution in [0.4, 0.5) is 0 Å². The van der Waals surface area contributed by atoms with Crippen molar-refractivity contribution in [2.75, 3.05) is 6.54 Å². The second-order valence-electron chi connectivity index (χ2n) is 1.88. The minimum atomic E-state index is -0.816. The van der Waals surface area contributed by atoms with Gasteiger partial charge in [0.2, 0.25) is 0 Å². The molecule has 1 unspecified atom stereocenters. The first-order valence-corrected chi connectivity index (χ1v) is 2.77. The fraction of sp³-hybridized carbons (Fsp3) is 0.750. The Balaban J connectivity index is 2.31. The Labute approximate surface area is 52.4 Å². The fourth-order valence-electron chi connectivity index (χ4n) is 0.675. The molecule has 0 aromatic carbocycles. The van der Waals surface area contributed by atoms with Crippen LogP contribution in [0.25, 0.3) is 0 Å². The summed E-state index contributed by atoms with van der Waals surface area (Å²) in [5.74, 6) is -0.816. The molecule has 1 aliphatic heterocycles. The molecule has 1 aliphatic rings. The van der Waals surface area contributed by atoms with E-state index in [9.17, 15) is 4.79 Å². The highest BCUT2D eigenvalue weighted by Crippen LogP contribution is 1.90. The number of aliphatic carboxylic acids is 1. The van der Waals surface area contributed by atoms with Crippen molar-refractivity contribution in [3.8, 4) is 0 Å². The van der Waals surface area contributed by atoms with E-state index in [4.69, 9.17) is 5.11 Å². The van der Waals surface area contributed by atoms with E-state index >= 15 is 0 Å². The molecule has 0 radical (unpaired) electrons. The van der Waals surface area contributed by atoms with E-state index < -0.39 is 12.0 Å². The lowest BCUT2D eigenvalue weighted by Crippen LogP contribution is -2.57. The zero-order valence-electron chi connectivity index (χ0n) is 4.85. The van der Waals surface area contributed by atoms with Crippen LogP contribution in [0, 0.1) is 0 Å². The highest BCUT2D eigenvalue weighted by molar-refractivity contribution is 5.73. The highest BCUT2D eigenvalue weighted by atomic mass is 16.4. The number of rotatable bonds is 1. The first kappa shape index (κ1) is 6.47. The van der Waals surface area contributed by atoms with Crippen LogP contribution >= 0.6 is 0 Å². The Morgan fingerprint density at radius 3 is 2.78 bits per heavy atom. The van der Waals surface area contributed by atoms with Crippen molar-refractivity contribution in [3.63, 3.8) is 0 Å². The first-order chi connectivity index (χ1) is 4.30. The third kappa shape index (κ3) is 1.63. The van der Waals surface area contributed by atoms with Crippen LogP contribution < -0.4 is 16.4 Å². The standard InChI is InChI=1S/C4H9N3O2/c8-4(9)3-1-2-5-7-6-3/h3,5-7H,1-2H2,(H,8,9). The van der Waals surface area contributed by atoms with Gasteiger partial charge in [-0.3, -0.25) is 4.79 Å². The van der Waals surface area contributed by atoms with Crippen molar-refractivity contribution in [2.24, 2.45) is 0 Å². The van der Waals surface area contributed by atoms with E-state index in [1.54, 1.807) is 0 Å². The molecule has 52 valence electrons. The number of carbonyl (C=O) groups is 1. The topological polar surface area (TPSA) is 73.4 Å². The molecule has 1 fully saturated rings. The highest BCUT2D eigenvalue weighted by Gasteiger charge is 2.18. The average Bonchev–Trinajstić information content (AvgIpc) is 1.90. The molecule has 1 atom stereocenters. The smallest absolute Gasteiger partial charge is 0.322 e. The number of hydrogen-bond donors (Lipinski definition) is 4. The van der Waals surface area contributed by atoms with E-state index in [2.05, 4.69) is 16.4 Å². The van der Waals surface area contributed by atoms with Gasteiger partial charge < -0.3 is 5.11 Å². The maximum absolute atomic E-state index is 10.2. The number of hydrazine groups is 2. The lowest BCUT2D eigenvalue weighted by Gasteiger charge is -2.20. The van der Waals surface area contributed by atoms with Gasteiger partial charge in [0, 0.05) is 6.54 Å². The summed E-state index contributed by atoms with van der Waals surface area (Å²) in [6.45, 7) is 0.684. The summed E-state index contributed by atoms with van der Waals surface area (Å²) in [7, 11) is 0. The molecule has 0 aliphatic carbocycles. The van der Waals surface area contributed by atoms with E-state index in [0.29, 0.717) is 13.0 Å². The zero-order valence-corrected chi connectivity index (χ0v) is 4.85. The lowest BCUT2D eigenvalue weighted by molar-refractivity contribution is -0.140. The molecular weight excluding hydrogens is 122 g/mol. The Kier molecular flexibility index (Phi) is 1.99. The van der Waals surface area contributed by atoms with Crippen molar-refractivity contribution >= 4 is 5.97 Å². The number of carboxylic acids is 1. The molecule has 9 heavy (non-hydrogen) atoms. The SMILES string of the molecule is O=C(O)C1CCNNN1. The summed E-state index contributed by atoms with van der Waals surface area (Å²) in [5, 5.41) is 8.41. The predicted molar refractivity (Wildman–Crippen MR) is 30.3 cm³/mol. The molecule has 5 nitrogen and oxygen atoms in total. The molecular formula is C4H9N3O2. The Bertz CT molecular complexity index is 110. The van der Waals surface area contributed by atoms with Crippen LogP contribution in [-0.4, -0.2) is 23.7 Å². The largest absolute Gasteiger partial charge is 0.480 e. The number of nitrogens with one attached hydrogen (secondary N) is 3. The van der Waals surface area contributed by atoms with Gasteiger partial charge in [0.05, 0.1) is 0 Å². The summed E-state index contributed by atoms with van der Waals surface area (Å²) in [6, 6.07) is -0.453. The monoisotopic (exact) mass is 131 g/mol. The third-order valence-electron chi connectivity index (χ3n) is 1.19. The molecule has 4 N–H and O–H groups in total. The quantitative estimate of drug-likeness (QED) is 0.346. The maximum Gasteiger partial charge on any atom is 0.322 e. The molecule has 0 aromatic heterocycles. The Morgan fingerprint density at radius 2 is 2.44 bits per heavy atom. The molecule has 0 saturated carbocycles. The van der Waals surface area contributed by atoms with Crippen LogP contribution in [0.1, 0.15) is 6.42 Å². The fourth-order valence-corrected chi connectivity index (χ4v) is 0.675. The molecule has 0 bridgehead atoms. The molecule has 1 saturated heterocycles. The van der Waals surface area contributed by atoms with E-state index in [-0.39, 0.29) is 0 Å². The minimum Gasteiger partial charge on any atom is -0.480 e. The van der Waals surface area contributed by atoms with Gasteiger partial charge in [-0.25, -0.2) is 10.9 Å². The van der Waals surface area contributed by atoms with Gasteiger partial charge in [0.1, 0.15) is 6.04 Å². The molecule has 0 aromatic rings. The normalized spacial score (nSPS) is 27.8. The molecule has 5 heteroatoms. The van der Waals surface area contributed by atoms with Crippen LogP contribution in [0.2, 0.25) is 0 Å². The third-order valence-corrected chi connectivity index (χ3v) is 1.19. The summed E-state index contributed by atoms with van der Waals surface area (Å²) >= 11 is 0. The lowest BCUT2D eigenvalue weighted by atomic mass is 10.2.